The van der Waals surface area contributed by atoms with E-state index in [0.29, 0.717) is 5.76 Å². The molecule has 2 aromatic rings. The van der Waals surface area contributed by atoms with Crippen LogP contribution in [0.5, 0.6) is 0 Å². The van der Waals surface area contributed by atoms with E-state index in [1.165, 1.54) is 12.3 Å². The van der Waals surface area contributed by atoms with E-state index in [9.17, 15) is 18.3 Å². The molecule has 0 amide bonds. The Labute approximate surface area is 130 Å². The Bertz CT molecular complexity index is 788. The van der Waals surface area contributed by atoms with Crippen LogP contribution >= 0.6 is 11.6 Å². The summed E-state index contributed by atoms with van der Waals surface area (Å²) < 4.78 is 37.2. The number of carboxylic acid groups (broad SMARTS) is 1. The van der Waals surface area contributed by atoms with Crippen molar-refractivity contribution in [1.29, 1.82) is 0 Å². The van der Waals surface area contributed by atoms with Crippen LogP contribution in [0.15, 0.2) is 34.9 Å². The zero-order valence-corrected chi connectivity index (χ0v) is 12.5. The summed E-state index contributed by atoms with van der Waals surface area (Å²) in [6.45, 7) is 0.217. The normalized spacial score (nSPS) is 11.2. The molecule has 0 unspecified atom stereocenters. The second-order valence-electron chi connectivity index (χ2n) is 4.19. The molecule has 0 fully saturated rings. The third-order valence-electron chi connectivity index (χ3n) is 2.61. The molecule has 1 heterocycles. The molecule has 10 heteroatoms. The second kappa shape index (κ2) is 6.26. The minimum atomic E-state index is -4.57. The van der Waals surface area contributed by atoms with Gasteiger partial charge in [0.15, 0.2) is 0 Å². The Kier molecular flexibility index (Phi) is 4.59. The van der Waals surface area contributed by atoms with Crippen molar-refractivity contribution in [3.8, 4) is 0 Å². The lowest BCUT2D eigenvalue weighted by molar-refractivity contribution is 0.0698. The highest BCUT2D eigenvalue weighted by Crippen LogP contribution is 2.30. The summed E-state index contributed by atoms with van der Waals surface area (Å²) in [5.41, 5.74) is -0.290. The minimum absolute atomic E-state index is 0.0791. The van der Waals surface area contributed by atoms with E-state index >= 15 is 0 Å². The van der Waals surface area contributed by atoms with Crippen molar-refractivity contribution in [2.45, 2.75) is 6.54 Å². The molecule has 0 spiro atoms. The van der Waals surface area contributed by atoms with E-state index in [1.807, 2.05) is 0 Å². The summed E-state index contributed by atoms with van der Waals surface area (Å²) in [4.78, 5) is 11.3. The maximum absolute atomic E-state index is 11.3. The van der Waals surface area contributed by atoms with Gasteiger partial charge in [-0.3, -0.25) is 9.27 Å². The highest BCUT2D eigenvalue weighted by molar-refractivity contribution is 7.87. The van der Waals surface area contributed by atoms with Crippen LogP contribution in [0.4, 0.5) is 11.4 Å². The van der Waals surface area contributed by atoms with Crippen LogP contribution in [0.2, 0.25) is 5.02 Å². The Morgan fingerprint density at radius 3 is 2.59 bits per heavy atom. The fourth-order valence-corrected chi connectivity index (χ4v) is 2.42. The number of furan rings is 1. The third-order valence-corrected chi connectivity index (χ3v) is 3.40. The number of benzene rings is 1. The summed E-state index contributed by atoms with van der Waals surface area (Å²) in [7, 11) is -4.57. The van der Waals surface area contributed by atoms with Crippen molar-refractivity contribution in [1.82, 2.24) is 0 Å². The summed E-state index contributed by atoms with van der Waals surface area (Å²) in [5.74, 6) is -0.718. The number of hydrogen-bond donors (Lipinski definition) is 4. The van der Waals surface area contributed by atoms with Gasteiger partial charge in [0.25, 0.3) is 0 Å². The highest BCUT2D eigenvalue weighted by atomic mass is 35.5. The van der Waals surface area contributed by atoms with E-state index in [-0.39, 0.29) is 28.5 Å². The molecule has 8 nitrogen and oxygen atoms in total. The molecular weight excluding hydrogens is 336 g/mol. The fourth-order valence-electron chi connectivity index (χ4n) is 1.71. The Hall–Kier alpha value is -2.23. The molecule has 0 bridgehead atoms. The number of rotatable bonds is 6. The largest absolute Gasteiger partial charge is 0.478 e. The number of halogens is 1. The first-order valence-corrected chi connectivity index (χ1v) is 7.66. The minimum Gasteiger partial charge on any atom is -0.478 e. The van der Waals surface area contributed by atoms with E-state index in [4.69, 9.17) is 20.6 Å². The van der Waals surface area contributed by atoms with Crippen LogP contribution in [0.25, 0.3) is 0 Å². The number of carbonyl (C=O) groups is 1. The van der Waals surface area contributed by atoms with E-state index in [0.717, 1.165) is 6.07 Å². The molecule has 0 aliphatic rings. The van der Waals surface area contributed by atoms with Gasteiger partial charge in [-0.25, -0.2) is 4.79 Å². The van der Waals surface area contributed by atoms with Gasteiger partial charge in [0.1, 0.15) is 5.76 Å². The predicted molar refractivity (Wildman–Crippen MR) is 79.6 cm³/mol. The molecule has 1 aromatic heterocycles. The average Bonchev–Trinajstić information content (AvgIpc) is 2.90. The molecule has 118 valence electrons. The van der Waals surface area contributed by atoms with Gasteiger partial charge >= 0.3 is 16.3 Å². The third kappa shape index (κ3) is 4.13. The van der Waals surface area contributed by atoms with Crippen LogP contribution in [-0.2, 0) is 16.8 Å². The standard InChI is InChI=1S/C12H11ClN2O6S/c13-9-5-10(14-6-7-2-1-3-21-7)8(12(16)17)4-11(9)15-22(18,19)20/h1-5,14-15H,6H2,(H,16,17)(H,18,19,20). The number of nitrogens with one attached hydrogen (secondary N) is 2. The Balaban J connectivity index is 2.33. The lowest BCUT2D eigenvalue weighted by Crippen LogP contribution is -2.13. The molecular formula is C12H11ClN2O6S. The lowest BCUT2D eigenvalue weighted by atomic mass is 10.1. The molecule has 1 aromatic carbocycles. The van der Waals surface area contributed by atoms with Crippen molar-refractivity contribution in [3.63, 3.8) is 0 Å². The second-order valence-corrected chi connectivity index (χ2v) is 5.75. The molecule has 22 heavy (non-hydrogen) atoms. The Morgan fingerprint density at radius 1 is 1.32 bits per heavy atom. The zero-order valence-electron chi connectivity index (χ0n) is 10.9. The van der Waals surface area contributed by atoms with Crippen molar-refractivity contribution in [3.05, 3.63) is 46.9 Å². The Morgan fingerprint density at radius 2 is 2.05 bits per heavy atom. The van der Waals surface area contributed by atoms with Crippen LogP contribution in [0.1, 0.15) is 16.1 Å². The zero-order chi connectivity index (χ0) is 16.3. The SMILES string of the molecule is O=C(O)c1cc(NS(=O)(=O)O)c(Cl)cc1NCc1ccco1. The first-order valence-electron chi connectivity index (χ1n) is 5.84. The number of hydrogen-bond acceptors (Lipinski definition) is 5. The van der Waals surface area contributed by atoms with Crippen molar-refractivity contribution < 1.29 is 27.3 Å². The molecule has 0 saturated heterocycles. The van der Waals surface area contributed by atoms with E-state index in [1.54, 1.807) is 16.9 Å². The van der Waals surface area contributed by atoms with Crippen LogP contribution in [-0.4, -0.2) is 24.0 Å². The quantitative estimate of drug-likeness (QED) is 0.591. The molecule has 0 radical (unpaired) electrons. The highest BCUT2D eigenvalue weighted by Gasteiger charge is 2.17. The van der Waals surface area contributed by atoms with Gasteiger partial charge in [-0.15, -0.1) is 0 Å². The maximum Gasteiger partial charge on any atom is 0.357 e. The van der Waals surface area contributed by atoms with Crippen molar-refractivity contribution >= 4 is 39.2 Å². The smallest absolute Gasteiger partial charge is 0.357 e. The monoisotopic (exact) mass is 346 g/mol. The molecule has 0 aliphatic carbocycles. The summed E-state index contributed by atoms with van der Waals surface area (Å²) in [6, 6.07) is 5.62. The summed E-state index contributed by atoms with van der Waals surface area (Å²) in [6.07, 6.45) is 1.47. The van der Waals surface area contributed by atoms with Gasteiger partial charge in [-0.05, 0) is 24.3 Å². The molecule has 0 atom stereocenters. The lowest BCUT2D eigenvalue weighted by Gasteiger charge is -2.12. The summed E-state index contributed by atoms with van der Waals surface area (Å²) >= 11 is 5.88. The van der Waals surface area contributed by atoms with Crippen LogP contribution in [0.3, 0.4) is 0 Å². The maximum atomic E-state index is 11.3. The molecule has 2 rings (SSSR count). The van der Waals surface area contributed by atoms with E-state index in [2.05, 4.69) is 5.32 Å². The topological polar surface area (TPSA) is 129 Å². The first kappa shape index (κ1) is 16.1. The fraction of sp³-hybridized carbons (Fsp3) is 0.0833. The van der Waals surface area contributed by atoms with Crippen molar-refractivity contribution in [2.24, 2.45) is 0 Å². The molecule has 0 saturated carbocycles. The molecule has 4 N–H and O–H groups in total. The van der Waals surface area contributed by atoms with Crippen molar-refractivity contribution in [2.75, 3.05) is 10.0 Å². The van der Waals surface area contributed by atoms with Crippen LogP contribution < -0.4 is 10.0 Å². The van der Waals surface area contributed by atoms with Crippen LogP contribution in [0, 0.1) is 0 Å². The van der Waals surface area contributed by atoms with Gasteiger partial charge in [-0.2, -0.15) is 8.42 Å². The first-order chi connectivity index (χ1) is 10.3. The average molecular weight is 347 g/mol. The van der Waals surface area contributed by atoms with E-state index < -0.39 is 16.3 Å². The molecule has 0 aliphatic heterocycles. The van der Waals surface area contributed by atoms with Gasteiger partial charge < -0.3 is 14.8 Å². The number of aromatic carboxylic acids is 1. The predicted octanol–water partition coefficient (Wildman–Crippen LogP) is 2.46. The summed E-state index contributed by atoms with van der Waals surface area (Å²) in [5, 5.41) is 11.9. The van der Waals surface area contributed by atoms with Gasteiger partial charge in [0.2, 0.25) is 0 Å². The number of anilines is 2. The van der Waals surface area contributed by atoms with Gasteiger partial charge in [0, 0.05) is 0 Å². The number of carboxylic acids is 1. The van der Waals surface area contributed by atoms with Gasteiger partial charge in [0.05, 0.1) is 34.8 Å². The van der Waals surface area contributed by atoms with Gasteiger partial charge in [-0.1, -0.05) is 11.6 Å².